The van der Waals surface area contributed by atoms with Gasteiger partial charge in [-0.15, -0.1) is 10.2 Å². The summed E-state index contributed by atoms with van der Waals surface area (Å²) in [6, 6.07) is 3.63. The van der Waals surface area contributed by atoms with Crippen LogP contribution in [0.25, 0.3) is 5.95 Å². The van der Waals surface area contributed by atoms with Gasteiger partial charge >= 0.3 is 0 Å². The summed E-state index contributed by atoms with van der Waals surface area (Å²) < 4.78 is 28.7. The summed E-state index contributed by atoms with van der Waals surface area (Å²) in [4.78, 5) is 12.9. The lowest BCUT2D eigenvalue weighted by atomic mass is 10.2. The highest BCUT2D eigenvalue weighted by molar-refractivity contribution is 7.99. The molecule has 0 bridgehead atoms. The lowest BCUT2D eigenvalue weighted by Crippen LogP contribution is -2.17. The number of rotatable bonds is 6. The number of carbonyl (C=O) groups is 1. The Morgan fingerprint density at radius 1 is 1.19 bits per heavy atom. The number of Topliss-reactive ketones (excluding diaryl/α,β-unsaturated/α-hetero) is 1. The van der Waals surface area contributed by atoms with Gasteiger partial charge in [-0.05, 0) is 46.2 Å². The maximum atomic E-state index is 12.9. The van der Waals surface area contributed by atoms with E-state index in [9.17, 15) is 13.2 Å². The Morgan fingerprint density at radius 2 is 1.94 bits per heavy atom. The van der Waals surface area contributed by atoms with Gasteiger partial charge in [-0.1, -0.05) is 11.8 Å². The van der Waals surface area contributed by atoms with E-state index in [2.05, 4.69) is 15.3 Å². The van der Waals surface area contributed by atoms with Gasteiger partial charge < -0.3 is 10.4 Å². The third-order valence-corrected chi connectivity index (χ3v) is 8.23. The quantitative estimate of drug-likeness (QED) is 0.331. The van der Waals surface area contributed by atoms with Crippen LogP contribution < -0.4 is 5.84 Å². The highest BCUT2D eigenvalue weighted by Gasteiger charge is 2.31. The standard InChI is InChI=1S/C19H25N7O3S2/c1-11-7-13(3)26(23-11)18-21-22-19(25(18)20)30-9-17(27)16-8-12(2)24(14(16)4)15-5-6-31(28,29)10-15/h7-8,15H,5-6,9-10,20H2,1-4H3. The minimum atomic E-state index is -3.01. The summed E-state index contributed by atoms with van der Waals surface area (Å²) >= 11 is 1.20. The van der Waals surface area contributed by atoms with Crippen molar-refractivity contribution in [2.75, 3.05) is 23.1 Å². The first kappa shape index (κ1) is 21.6. The van der Waals surface area contributed by atoms with Gasteiger partial charge in [0.15, 0.2) is 15.6 Å². The molecule has 2 N–H and O–H groups in total. The van der Waals surface area contributed by atoms with E-state index in [0.29, 0.717) is 23.1 Å². The molecule has 12 heteroatoms. The molecule has 1 saturated heterocycles. The van der Waals surface area contributed by atoms with E-state index in [-0.39, 0.29) is 29.1 Å². The van der Waals surface area contributed by atoms with Crippen LogP contribution in [-0.2, 0) is 9.84 Å². The molecule has 3 aromatic heterocycles. The summed E-state index contributed by atoms with van der Waals surface area (Å²) in [5, 5.41) is 13.0. The van der Waals surface area contributed by atoms with Gasteiger partial charge in [-0.3, -0.25) is 4.79 Å². The number of aryl methyl sites for hydroxylation is 3. The van der Waals surface area contributed by atoms with E-state index in [1.807, 2.05) is 44.4 Å². The number of sulfone groups is 1. The second kappa shape index (κ2) is 7.83. The SMILES string of the molecule is Cc1cc(C)n(-c2nnc(SCC(=O)c3cc(C)n(C4CCS(=O)(=O)C4)c3C)n2N)n1. The molecule has 0 saturated carbocycles. The van der Waals surface area contributed by atoms with E-state index in [0.717, 1.165) is 22.8 Å². The first-order valence-electron chi connectivity index (χ1n) is 9.86. The van der Waals surface area contributed by atoms with Crippen LogP contribution in [0.5, 0.6) is 0 Å². The van der Waals surface area contributed by atoms with Crippen molar-refractivity contribution in [2.45, 2.75) is 45.3 Å². The zero-order valence-corrected chi connectivity index (χ0v) is 19.5. The van der Waals surface area contributed by atoms with Crippen molar-refractivity contribution in [1.82, 2.24) is 29.2 Å². The molecule has 1 atom stereocenters. The summed E-state index contributed by atoms with van der Waals surface area (Å²) in [7, 11) is -3.01. The maximum absolute atomic E-state index is 12.9. The number of nitrogen functional groups attached to an aromatic ring is 1. The first-order chi connectivity index (χ1) is 14.6. The molecule has 1 fully saturated rings. The van der Waals surface area contributed by atoms with E-state index in [1.54, 1.807) is 4.68 Å². The third-order valence-electron chi connectivity index (χ3n) is 5.54. The van der Waals surface area contributed by atoms with Gasteiger partial charge in [0.1, 0.15) is 0 Å². The van der Waals surface area contributed by atoms with Crippen LogP contribution in [-0.4, -0.2) is 60.7 Å². The van der Waals surface area contributed by atoms with Crippen LogP contribution >= 0.6 is 11.8 Å². The van der Waals surface area contributed by atoms with Gasteiger partial charge in [0.25, 0.3) is 5.95 Å². The van der Waals surface area contributed by atoms with Crippen LogP contribution in [0.1, 0.15) is 45.6 Å². The predicted octanol–water partition coefficient (Wildman–Crippen LogP) is 1.55. The Bertz CT molecular complexity index is 1270. The molecule has 1 aliphatic rings. The second-order valence-corrected chi connectivity index (χ2v) is 11.1. The van der Waals surface area contributed by atoms with Gasteiger partial charge in [0.05, 0.1) is 23.0 Å². The average Bonchev–Trinajstić information content (AvgIpc) is 3.40. The minimum absolute atomic E-state index is 0.0686. The molecular formula is C19H25N7O3S2. The topological polar surface area (TPSA) is 131 Å². The number of ketones is 1. The maximum Gasteiger partial charge on any atom is 0.271 e. The fraction of sp³-hybridized carbons (Fsp3) is 0.474. The van der Waals surface area contributed by atoms with Crippen LogP contribution in [0.2, 0.25) is 0 Å². The number of thioether (sulfide) groups is 1. The number of carbonyl (C=O) groups excluding carboxylic acids is 1. The lowest BCUT2D eigenvalue weighted by molar-refractivity contribution is 0.102. The van der Waals surface area contributed by atoms with Gasteiger partial charge in [0.2, 0.25) is 5.16 Å². The highest BCUT2D eigenvalue weighted by Crippen LogP contribution is 2.30. The largest absolute Gasteiger partial charge is 0.344 e. The molecule has 10 nitrogen and oxygen atoms in total. The monoisotopic (exact) mass is 463 g/mol. The molecule has 166 valence electrons. The molecule has 0 spiro atoms. The van der Waals surface area contributed by atoms with Gasteiger partial charge in [-0.25, -0.2) is 17.8 Å². The smallest absolute Gasteiger partial charge is 0.271 e. The minimum Gasteiger partial charge on any atom is -0.344 e. The zero-order valence-electron chi connectivity index (χ0n) is 17.9. The molecule has 0 radical (unpaired) electrons. The van der Waals surface area contributed by atoms with Crippen molar-refractivity contribution < 1.29 is 13.2 Å². The summed E-state index contributed by atoms with van der Waals surface area (Å²) in [5.74, 6) is 6.90. The van der Waals surface area contributed by atoms with Crippen molar-refractivity contribution >= 4 is 27.4 Å². The first-order valence-corrected chi connectivity index (χ1v) is 12.7. The molecule has 4 heterocycles. The molecule has 0 amide bonds. The molecule has 4 rings (SSSR count). The van der Waals surface area contributed by atoms with Gasteiger partial charge in [0, 0.05) is 28.7 Å². The number of hydrogen-bond donors (Lipinski definition) is 1. The zero-order chi connectivity index (χ0) is 22.5. The molecule has 0 aromatic carbocycles. The summed E-state index contributed by atoms with van der Waals surface area (Å²) in [5.41, 5.74) is 4.00. The molecule has 1 unspecified atom stereocenters. The van der Waals surface area contributed by atoms with Crippen LogP contribution in [0, 0.1) is 27.7 Å². The second-order valence-electron chi connectivity index (χ2n) is 7.91. The Labute approximate surface area is 184 Å². The Morgan fingerprint density at radius 3 is 2.55 bits per heavy atom. The van der Waals surface area contributed by atoms with Crippen LogP contribution in [0.4, 0.5) is 0 Å². The molecule has 31 heavy (non-hydrogen) atoms. The number of aromatic nitrogens is 6. The molecule has 1 aliphatic heterocycles. The van der Waals surface area contributed by atoms with Crippen molar-refractivity contribution in [3.63, 3.8) is 0 Å². The van der Waals surface area contributed by atoms with E-state index in [1.165, 1.54) is 16.4 Å². The Balaban J connectivity index is 1.50. The van der Waals surface area contributed by atoms with E-state index < -0.39 is 9.84 Å². The summed E-state index contributed by atoms with van der Waals surface area (Å²) in [6.07, 6.45) is 0.576. The molecule has 0 aliphatic carbocycles. The van der Waals surface area contributed by atoms with Crippen molar-refractivity contribution in [2.24, 2.45) is 0 Å². The molecular weight excluding hydrogens is 438 g/mol. The van der Waals surface area contributed by atoms with E-state index >= 15 is 0 Å². The van der Waals surface area contributed by atoms with Crippen molar-refractivity contribution in [1.29, 1.82) is 0 Å². The third kappa shape index (κ3) is 4.01. The fourth-order valence-electron chi connectivity index (χ4n) is 4.15. The van der Waals surface area contributed by atoms with Crippen molar-refractivity contribution in [3.05, 3.63) is 40.5 Å². The van der Waals surface area contributed by atoms with Crippen LogP contribution in [0.15, 0.2) is 17.3 Å². The Kier molecular flexibility index (Phi) is 5.46. The fourth-order valence-corrected chi connectivity index (χ4v) is 6.59. The number of nitrogens with two attached hydrogens (primary N) is 1. The highest BCUT2D eigenvalue weighted by atomic mass is 32.2. The van der Waals surface area contributed by atoms with Crippen LogP contribution in [0.3, 0.4) is 0 Å². The Hall–Kier alpha value is -2.60. The summed E-state index contributed by atoms with van der Waals surface area (Å²) in [6.45, 7) is 7.55. The predicted molar refractivity (Wildman–Crippen MR) is 118 cm³/mol. The normalized spacial score (nSPS) is 18.0. The van der Waals surface area contributed by atoms with E-state index in [4.69, 9.17) is 5.84 Å². The molecule has 3 aromatic rings. The lowest BCUT2D eigenvalue weighted by Gasteiger charge is -2.16. The number of hydrogen-bond acceptors (Lipinski definition) is 8. The average molecular weight is 464 g/mol. The number of nitrogens with zero attached hydrogens (tertiary/aromatic N) is 6. The van der Waals surface area contributed by atoms with Crippen molar-refractivity contribution in [3.8, 4) is 5.95 Å². The van der Waals surface area contributed by atoms with Gasteiger partial charge in [-0.2, -0.15) is 5.10 Å².